The smallest absolute Gasteiger partial charge is 0.244 e. The number of rotatable bonds is 6. The van der Waals surface area contributed by atoms with Crippen molar-refractivity contribution < 1.29 is 12.8 Å². The van der Waals surface area contributed by atoms with Crippen LogP contribution in [0.25, 0.3) is 0 Å². The van der Waals surface area contributed by atoms with Crippen molar-refractivity contribution >= 4 is 21.8 Å². The zero-order valence-corrected chi connectivity index (χ0v) is 13.8. The molecule has 1 aliphatic heterocycles. The van der Waals surface area contributed by atoms with Crippen LogP contribution in [-0.4, -0.2) is 32.5 Å². The highest BCUT2D eigenvalue weighted by Gasteiger charge is 2.32. The van der Waals surface area contributed by atoms with Crippen molar-refractivity contribution in [2.45, 2.75) is 42.9 Å². The van der Waals surface area contributed by atoms with E-state index < -0.39 is 10.0 Å². The van der Waals surface area contributed by atoms with E-state index in [2.05, 4.69) is 17.0 Å². The molecule has 1 fully saturated rings. The Kier molecular flexibility index (Phi) is 4.84. The van der Waals surface area contributed by atoms with Gasteiger partial charge in [0, 0.05) is 17.4 Å². The molecule has 1 saturated heterocycles. The Balaban J connectivity index is 2.09. The molecule has 0 radical (unpaired) electrons. The van der Waals surface area contributed by atoms with Crippen LogP contribution < -0.4 is 10.0 Å². The van der Waals surface area contributed by atoms with Crippen molar-refractivity contribution in [2.24, 2.45) is 0 Å². The first kappa shape index (κ1) is 15.9. The van der Waals surface area contributed by atoms with E-state index >= 15 is 0 Å². The molecule has 0 spiro atoms. The second kappa shape index (κ2) is 6.09. The summed E-state index contributed by atoms with van der Waals surface area (Å²) >= 11 is 1.84. The predicted octanol–water partition coefficient (Wildman–Crippen LogP) is 1.87. The first-order chi connectivity index (χ1) is 9.36. The van der Waals surface area contributed by atoms with Crippen LogP contribution >= 0.6 is 11.8 Å². The van der Waals surface area contributed by atoms with Crippen molar-refractivity contribution in [1.29, 1.82) is 0 Å². The van der Waals surface area contributed by atoms with E-state index in [1.54, 1.807) is 20.0 Å². The summed E-state index contributed by atoms with van der Waals surface area (Å²) in [6.45, 7) is 4.78. The molecule has 7 heteroatoms. The molecule has 114 valence electrons. The lowest BCUT2D eigenvalue weighted by molar-refractivity contribution is 0.465. The monoisotopic (exact) mass is 318 g/mol. The van der Waals surface area contributed by atoms with E-state index in [1.807, 2.05) is 11.8 Å². The fraction of sp³-hybridized carbons (Fsp3) is 0.692. The third-order valence-corrected chi connectivity index (χ3v) is 6.55. The molecule has 0 aromatic carbocycles. The summed E-state index contributed by atoms with van der Waals surface area (Å²) in [5.74, 6) is 2.17. The summed E-state index contributed by atoms with van der Waals surface area (Å²) in [7, 11) is -1.70. The summed E-state index contributed by atoms with van der Waals surface area (Å²) in [6, 6.07) is 1.60. The van der Waals surface area contributed by atoms with E-state index in [1.165, 1.54) is 0 Å². The molecule has 0 saturated carbocycles. The van der Waals surface area contributed by atoms with Crippen LogP contribution in [0.15, 0.2) is 15.4 Å². The van der Waals surface area contributed by atoms with Gasteiger partial charge in [0.2, 0.25) is 10.0 Å². The molecule has 1 aromatic rings. The Bertz CT molecular complexity index is 560. The Hall–Kier alpha value is -0.500. The average molecular weight is 318 g/mol. The molecule has 1 unspecified atom stereocenters. The normalized spacial score (nSPS) is 23.4. The molecule has 1 atom stereocenters. The molecule has 2 rings (SSSR count). The third kappa shape index (κ3) is 3.58. The van der Waals surface area contributed by atoms with Gasteiger partial charge in [-0.2, -0.15) is 11.8 Å². The summed E-state index contributed by atoms with van der Waals surface area (Å²) in [5.41, 5.74) is 0. The minimum atomic E-state index is -3.50. The summed E-state index contributed by atoms with van der Waals surface area (Å²) in [5, 5.41) is 2.95. The summed E-state index contributed by atoms with van der Waals surface area (Å²) < 4.78 is 32.9. The van der Waals surface area contributed by atoms with Crippen LogP contribution in [0.5, 0.6) is 0 Å². The Labute approximate surface area is 124 Å². The van der Waals surface area contributed by atoms with Gasteiger partial charge in [-0.25, -0.2) is 13.1 Å². The fourth-order valence-electron chi connectivity index (χ4n) is 2.35. The fourth-order valence-corrected chi connectivity index (χ4v) is 5.06. The minimum absolute atomic E-state index is 0.0124. The zero-order chi connectivity index (χ0) is 14.8. The molecular formula is C13H22N2O3S2. The molecule has 2 heterocycles. The summed E-state index contributed by atoms with van der Waals surface area (Å²) in [4.78, 5) is 0.245. The van der Waals surface area contributed by atoms with Crippen LogP contribution in [0.1, 0.15) is 31.3 Å². The standard InChI is InChI=1S/C13H22N2O3S2/c1-10-12(7-11(18-10)8-14-3)20(16,17)15-9-13(2)5-4-6-19-13/h7,14-15H,4-6,8-9H2,1-3H3. The quantitative estimate of drug-likeness (QED) is 0.838. The van der Waals surface area contributed by atoms with Gasteiger partial charge in [0.05, 0.1) is 6.54 Å². The second-order valence-corrected chi connectivity index (χ2v) is 8.81. The lowest BCUT2D eigenvalue weighted by Gasteiger charge is -2.22. The van der Waals surface area contributed by atoms with E-state index in [0.717, 1.165) is 18.6 Å². The van der Waals surface area contributed by atoms with Crippen molar-refractivity contribution in [3.05, 3.63) is 17.6 Å². The number of sulfonamides is 1. The summed E-state index contributed by atoms with van der Waals surface area (Å²) in [6.07, 6.45) is 2.20. The van der Waals surface area contributed by atoms with Gasteiger partial charge in [-0.1, -0.05) is 0 Å². The van der Waals surface area contributed by atoms with Crippen molar-refractivity contribution in [2.75, 3.05) is 19.3 Å². The van der Waals surface area contributed by atoms with Crippen LogP contribution in [-0.2, 0) is 16.6 Å². The molecule has 0 aliphatic carbocycles. The topological polar surface area (TPSA) is 71.3 Å². The van der Waals surface area contributed by atoms with Gasteiger partial charge in [-0.15, -0.1) is 0 Å². The molecule has 5 nitrogen and oxygen atoms in total. The van der Waals surface area contributed by atoms with E-state index in [0.29, 0.717) is 24.6 Å². The Morgan fingerprint density at radius 2 is 2.25 bits per heavy atom. The molecule has 1 aliphatic rings. The zero-order valence-electron chi connectivity index (χ0n) is 12.2. The molecule has 2 N–H and O–H groups in total. The highest BCUT2D eigenvalue weighted by Crippen LogP contribution is 2.37. The van der Waals surface area contributed by atoms with Crippen molar-refractivity contribution in [3.63, 3.8) is 0 Å². The van der Waals surface area contributed by atoms with Crippen LogP contribution in [0.4, 0.5) is 0 Å². The maximum absolute atomic E-state index is 12.4. The van der Waals surface area contributed by atoms with Gasteiger partial charge in [-0.3, -0.25) is 0 Å². The van der Waals surface area contributed by atoms with Gasteiger partial charge >= 0.3 is 0 Å². The third-order valence-electron chi connectivity index (χ3n) is 3.50. The lowest BCUT2D eigenvalue weighted by Crippen LogP contribution is -2.36. The van der Waals surface area contributed by atoms with E-state index in [9.17, 15) is 8.42 Å². The highest BCUT2D eigenvalue weighted by atomic mass is 32.2. The number of furan rings is 1. The number of hydrogen-bond acceptors (Lipinski definition) is 5. The van der Waals surface area contributed by atoms with E-state index in [4.69, 9.17) is 4.42 Å². The van der Waals surface area contributed by atoms with Gasteiger partial charge < -0.3 is 9.73 Å². The van der Waals surface area contributed by atoms with E-state index in [-0.39, 0.29) is 9.64 Å². The second-order valence-electron chi connectivity index (χ2n) is 5.39. The molecule has 0 bridgehead atoms. The van der Waals surface area contributed by atoms with Crippen LogP contribution in [0, 0.1) is 6.92 Å². The number of thioether (sulfide) groups is 1. The SMILES string of the molecule is CNCc1cc(S(=O)(=O)NCC2(C)CCCS2)c(C)o1. The van der Waals surface area contributed by atoms with Crippen LogP contribution in [0.2, 0.25) is 0 Å². The highest BCUT2D eigenvalue weighted by molar-refractivity contribution is 8.01. The first-order valence-corrected chi connectivity index (χ1v) is 9.21. The van der Waals surface area contributed by atoms with Crippen molar-refractivity contribution in [3.8, 4) is 0 Å². The number of nitrogens with one attached hydrogen (secondary N) is 2. The molecule has 1 aromatic heterocycles. The number of hydrogen-bond donors (Lipinski definition) is 2. The van der Waals surface area contributed by atoms with Gasteiger partial charge in [-0.05, 0) is 39.5 Å². The molecular weight excluding hydrogens is 296 g/mol. The van der Waals surface area contributed by atoms with Crippen LogP contribution in [0.3, 0.4) is 0 Å². The van der Waals surface area contributed by atoms with Gasteiger partial charge in [0.25, 0.3) is 0 Å². The molecule has 20 heavy (non-hydrogen) atoms. The Morgan fingerprint density at radius 1 is 1.50 bits per heavy atom. The maximum Gasteiger partial charge on any atom is 0.244 e. The first-order valence-electron chi connectivity index (χ1n) is 6.74. The molecule has 0 amide bonds. The van der Waals surface area contributed by atoms with Gasteiger partial charge in [0.15, 0.2) is 0 Å². The maximum atomic E-state index is 12.4. The largest absolute Gasteiger partial charge is 0.464 e. The Morgan fingerprint density at radius 3 is 2.85 bits per heavy atom. The lowest BCUT2D eigenvalue weighted by atomic mass is 10.1. The predicted molar refractivity (Wildman–Crippen MR) is 81.5 cm³/mol. The van der Waals surface area contributed by atoms with Gasteiger partial charge in [0.1, 0.15) is 16.4 Å². The average Bonchev–Trinajstić information content (AvgIpc) is 2.96. The minimum Gasteiger partial charge on any atom is -0.464 e. The number of aryl methyl sites for hydroxylation is 1. The van der Waals surface area contributed by atoms with Crippen molar-refractivity contribution in [1.82, 2.24) is 10.0 Å².